The second-order valence-electron chi connectivity index (χ2n) is 4.13. The predicted molar refractivity (Wildman–Crippen MR) is 50.4 cm³/mol. The Balaban J connectivity index is 1.97. The van der Waals surface area contributed by atoms with Gasteiger partial charge in [0.1, 0.15) is 0 Å². The van der Waals surface area contributed by atoms with Crippen molar-refractivity contribution in [3.63, 3.8) is 0 Å². The average Bonchev–Trinajstić information content (AvgIpc) is 2.65. The molecular formula is C10H15N3. The van der Waals surface area contributed by atoms with Crippen molar-refractivity contribution in [2.75, 3.05) is 0 Å². The third-order valence-corrected chi connectivity index (χ3v) is 3.38. The minimum Gasteiger partial charge on any atom is -0.329 e. The molecule has 3 nitrogen and oxygen atoms in total. The fraction of sp³-hybridized carbons (Fsp3) is 0.700. The maximum atomic E-state index is 4.22. The number of hydrogen-bond acceptors (Lipinski definition) is 2. The molecule has 0 spiro atoms. The van der Waals surface area contributed by atoms with Gasteiger partial charge < -0.3 is 9.88 Å². The fourth-order valence-corrected chi connectivity index (χ4v) is 2.69. The minimum atomic E-state index is 0.681. The molecule has 1 saturated carbocycles. The van der Waals surface area contributed by atoms with Gasteiger partial charge in [-0.3, -0.25) is 0 Å². The summed E-state index contributed by atoms with van der Waals surface area (Å²) in [5.41, 5.74) is 1.35. The maximum Gasteiger partial charge on any atom is 0.0951 e. The Morgan fingerprint density at radius 2 is 2.31 bits per heavy atom. The lowest BCUT2D eigenvalue weighted by molar-refractivity contribution is 0.230. The monoisotopic (exact) mass is 177 g/mol. The van der Waals surface area contributed by atoms with E-state index in [1.165, 1.54) is 31.4 Å². The Bertz CT molecular complexity index is 305. The van der Waals surface area contributed by atoms with Crippen LogP contribution >= 0.6 is 0 Å². The Morgan fingerprint density at radius 3 is 3.31 bits per heavy atom. The molecule has 2 atom stereocenters. The molecule has 3 rings (SSSR count). The molecule has 1 aliphatic carbocycles. The van der Waals surface area contributed by atoms with Crippen molar-refractivity contribution in [1.29, 1.82) is 0 Å². The van der Waals surface area contributed by atoms with Crippen molar-refractivity contribution in [2.45, 2.75) is 44.3 Å². The topological polar surface area (TPSA) is 29.9 Å². The zero-order valence-corrected chi connectivity index (χ0v) is 7.74. The van der Waals surface area contributed by atoms with Crippen LogP contribution in [0.5, 0.6) is 0 Å². The Labute approximate surface area is 78.2 Å². The molecule has 1 aromatic heterocycles. The lowest BCUT2D eigenvalue weighted by Crippen LogP contribution is -2.44. The summed E-state index contributed by atoms with van der Waals surface area (Å²) in [6.07, 6.45) is 9.40. The SMILES string of the molecule is c1ncn2c1CNC1CCCCC12. The molecule has 0 aromatic carbocycles. The smallest absolute Gasteiger partial charge is 0.0951 e. The summed E-state index contributed by atoms with van der Waals surface area (Å²) in [5.74, 6) is 0. The van der Waals surface area contributed by atoms with Crippen LogP contribution in [-0.4, -0.2) is 15.6 Å². The van der Waals surface area contributed by atoms with Gasteiger partial charge in [0.15, 0.2) is 0 Å². The highest BCUT2D eigenvalue weighted by molar-refractivity contribution is 5.06. The maximum absolute atomic E-state index is 4.22. The fourth-order valence-electron chi connectivity index (χ4n) is 2.69. The zero-order chi connectivity index (χ0) is 8.67. The van der Waals surface area contributed by atoms with Crippen molar-refractivity contribution >= 4 is 0 Å². The molecule has 0 saturated heterocycles. The number of rotatable bonds is 0. The number of aromatic nitrogens is 2. The van der Waals surface area contributed by atoms with Crippen molar-refractivity contribution in [3.05, 3.63) is 18.2 Å². The zero-order valence-electron chi connectivity index (χ0n) is 7.74. The van der Waals surface area contributed by atoms with Crippen LogP contribution in [0.4, 0.5) is 0 Å². The van der Waals surface area contributed by atoms with E-state index in [1.54, 1.807) is 0 Å². The Hall–Kier alpha value is -0.830. The second kappa shape index (κ2) is 2.84. The molecule has 1 aliphatic heterocycles. The summed E-state index contributed by atoms with van der Waals surface area (Å²) in [5, 5.41) is 3.60. The van der Waals surface area contributed by atoms with Crippen molar-refractivity contribution in [3.8, 4) is 0 Å². The van der Waals surface area contributed by atoms with E-state index in [0.29, 0.717) is 12.1 Å². The standard InChI is InChI=1S/C10H15N3/c1-2-4-10-9(3-1)12-6-8-5-11-7-13(8)10/h5,7,9-10,12H,1-4,6H2. The average molecular weight is 177 g/mol. The van der Waals surface area contributed by atoms with E-state index < -0.39 is 0 Å². The molecule has 2 heterocycles. The van der Waals surface area contributed by atoms with E-state index in [4.69, 9.17) is 0 Å². The van der Waals surface area contributed by atoms with Gasteiger partial charge in [0, 0.05) is 18.8 Å². The van der Waals surface area contributed by atoms with Crippen LogP contribution in [-0.2, 0) is 6.54 Å². The highest BCUT2D eigenvalue weighted by Crippen LogP contribution is 2.32. The minimum absolute atomic E-state index is 0.681. The summed E-state index contributed by atoms with van der Waals surface area (Å²) in [6, 6.07) is 1.38. The first kappa shape index (κ1) is 7.56. The van der Waals surface area contributed by atoms with Gasteiger partial charge in [0.2, 0.25) is 0 Å². The van der Waals surface area contributed by atoms with E-state index in [0.717, 1.165) is 6.54 Å². The molecule has 1 N–H and O–H groups in total. The molecule has 3 heteroatoms. The molecule has 2 unspecified atom stereocenters. The van der Waals surface area contributed by atoms with Crippen LogP contribution in [0.1, 0.15) is 37.4 Å². The molecule has 13 heavy (non-hydrogen) atoms. The van der Waals surface area contributed by atoms with Crippen LogP contribution < -0.4 is 5.32 Å². The number of nitrogens with zero attached hydrogens (tertiary/aromatic N) is 2. The van der Waals surface area contributed by atoms with E-state index in [9.17, 15) is 0 Å². The number of hydrogen-bond donors (Lipinski definition) is 1. The summed E-state index contributed by atoms with van der Waals surface area (Å²) >= 11 is 0. The van der Waals surface area contributed by atoms with Gasteiger partial charge >= 0.3 is 0 Å². The van der Waals surface area contributed by atoms with Crippen LogP contribution in [0.2, 0.25) is 0 Å². The normalized spacial score (nSPS) is 32.3. The first-order valence-corrected chi connectivity index (χ1v) is 5.19. The summed E-state index contributed by atoms with van der Waals surface area (Å²) in [4.78, 5) is 4.22. The first-order valence-electron chi connectivity index (χ1n) is 5.19. The van der Waals surface area contributed by atoms with Crippen molar-refractivity contribution < 1.29 is 0 Å². The third kappa shape index (κ3) is 1.10. The van der Waals surface area contributed by atoms with Gasteiger partial charge in [-0.1, -0.05) is 12.8 Å². The highest BCUT2D eigenvalue weighted by Gasteiger charge is 2.30. The quantitative estimate of drug-likeness (QED) is 0.650. The van der Waals surface area contributed by atoms with Gasteiger partial charge in [-0.15, -0.1) is 0 Å². The van der Waals surface area contributed by atoms with Gasteiger partial charge in [0.05, 0.1) is 18.1 Å². The highest BCUT2D eigenvalue weighted by atomic mass is 15.2. The van der Waals surface area contributed by atoms with Crippen LogP contribution in [0, 0.1) is 0 Å². The Kier molecular flexibility index (Phi) is 1.65. The molecule has 2 aliphatic rings. The summed E-state index contributed by atoms with van der Waals surface area (Å²) < 4.78 is 2.38. The molecule has 1 fully saturated rings. The van der Waals surface area contributed by atoms with Gasteiger partial charge in [-0.05, 0) is 12.8 Å². The first-order chi connectivity index (χ1) is 6.45. The van der Waals surface area contributed by atoms with Gasteiger partial charge in [0.25, 0.3) is 0 Å². The second-order valence-corrected chi connectivity index (χ2v) is 4.13. The van der Waals surface area contributed by atoms with E-state index in [1.807, 2.05) is 12.5 Å². The van der Waals surface area contributed by atoms with Crippen LogP contribution in [0.3, 0.4) is 0 Å². The molecule has 0 radical (unpaired) electrons. The summed E-state index contributed by atoms with van der Waals surface area (Å²) in [6.45, 7) is 1.00. The largest absolute Gasteiger partial charge is 0.329 e. The third-order valence-electron chi connectivity index (χ3n) is 3.38. The van der Waals surface area contributed by atoms with E-state index >= 15 is 0 Å². The van der Waals surface area contributed by atoms with E-state index in [-0.39, 0.29) is 0 Å². The molecule has 70 valence electrons. The van der Waals surface area contributed by atoms with Crippen molar-refractivity contribution in [1.82, 2.24) is 14.9 Å². The van der Waals surface area contributed by atoms with E-state index in [2.05, 4.69) is 14.9 Å². The molecule has 1 aromatic rings. The lowest BCUT2D eigenvalue weighted by Gasteiger charge is -2.37. The molecule has 0 bridgehead atoms. The molecular weight excluding hydrogens is 162 g/mol. The molecule has 0 amide bonds. The number of nitrogens with one attached hydrogen (secondary N) is 1. The summed E-state index contributed by atoms with van der Waals surface area (Å²) in [7, 11) is 0. The lowest BCUT2D eigenvalue weighted by atomic mass is 9.88. The number of imidazole rings is 1. The predicted octanol–water partition coefficient (Wildman–Crippen LogP) is 1.47. The Morgan fingerprint density at radius 1 is 1.38 bits per heavy atom. The van der Waals surface area contributed by atoms with Gasteiger partial charge in [-0.25, -0.2) is 4.98 Å². The van der Waals surface area contributed by atoms with Crippen molar-refractivity contribution in [2.24, 2.45) is 0 Å². The van der Waals surface area contributed by atoms with Crippen LogP contribution in [0.25, 0.3) is 0 Å². The van der Waals surface area contributed by atoms with Crippen LogP contribution in [0.15, 0.2) is 12.5 Å². The van der Waals surface area contributed by atoms with Gasteiger partial charge in [-0.2, -0.15) is 0 Å². The number of fused-ring (bicyclic) bond motifs is 3.